The summed E-state index contributed by atoms with van der Waals surface area (Å²) in [5, 5.41) is 5.74. The van der Waals surface area contributed by atoms with Gasteiger partial charge in [-0.15, -0.1) is 0 Å². The van der Waals surface area contributed by atoms with E-state index in [1.54, 1.807) is 42.5 Å². The predicted molar refractivity (Wildman–Crippen MR) is 118 cm³/mol. The van der Waals surface area contributed by atoms with Crippen molar-refractivity contribution >= 4 is 40.0 Å². The van der Waals surface area contributed by atoms with Crippen molar-refractivity contribution in [1.82, 2.24) is 9.97 Å². The highest BCUT2D eigenvalue weighted by Crippen LogP contribution is 2.35. The monoisotopic (exact) mass is 542 g/mol. The molecule has 10 heteroatoms. The van der Waals surface area contributed by atoms with Crippen LogP contribution in [0, 0.1) is 0 Å². The normalized spacial score (nSPS) is 18.7. The Balaban J connectivity index is 1.51. The van der Waals surface area contributed by atoms with E-state index in [1.165, 1.54) is 6.20 Å². The fraction of sp³-hybridized carbons (Fsp3) is 0.286. The second kappa shape index (κ2) is 8.85. The largest absolute Gasteiger partial charge is 0.452 e. The molecule has 0 saturated heterocycles. The van der Waals surface area contributed by atoms with E-state index in [2.05, 4.69) is 43.2 Å². The van der Waals surface area contributed by atoms with Crippen molar-refractivity contribution in [3.05, 3.63) is 60.1 Å². The molecule has 1 aliphatic rings. The number of pyridine rings is 1. The third-order valence-corrected chi connectivity index (χ3v) is 5.99. The number of anilines is 2. The Kier molecular flexibility index (Phi) is 6.17. The fourth-order valence-corrected chi connectivity index (χ4v) is 4.35. The van der Waals surface area contributed by atoms with E-state index >= 15 is 0 Å². The van der Waals surface area contributed by atoms with Gasteiger partial charge in [0, 0.05) is 15.5 Å². The van der Waals surface area contributed by atoms with E-state index in [9.17, 15) is 18.0 Å². The van der Waals surface area contributed by atoms with Gasteiger partial charge in [-0.2, -0.15) is 13.2 Å². The molecular formula is C21H18F3IN4O2. The van der Waals surface area contributed by atoms with Crippen LogP contribution in [0.15, 0.2) is 53.1 Å². The van der Waals surface area contributed by atoms with Crippen LogP contribution in [0.5, 0.6) is 0 Å². The number of aromatic nitrogens is 2. The summed E-state index contributed by atoms with van der Waals surface area (Å²) in [4.78, 5) is 20.6. The molecule has 0 aliphatic heterocycles. The predicted octanol–water partition coefficient (Wildman–Crippen LogP) is 5.78. The van der Waals surface area contributed by atoms with Crippen LogP contribution in [0.2, 0.25) is 0 Å². The van der Waals surface area contributed by atoms with Crippen molar-refractivity contribution in [3.63, 3.8) is 0 Å². The van der Waals surface area contributed by atoms with Crippen molar-refractivity contribution < 1.29 is 22.4 Å². The first-order chi connectivity index (χ1) is 14.8. The van der Waals surface area contributed by atoms with Crippen molar-refractivity contribution in [2.24, 2.45) is 0 Å². The summed E-state index contributed by atoms with van der Waals surface area (Å²) in [6.07, 6.45) is -0.212. The number of nitrogens with one attached hydrogen (secondary N) is 2. The Labute approximate surface area is 189 Å². The minimum absolute atomic E-state index is 0.256. The molecule has 31 heavy (non-hydrogen) atoms. The van der Waals surface area contributed by atoms with Gasteiger partial charge in [0.1, 0.15) is 5.82 Å². The number of carbonyl (C=O) groups excluding carboxylic acids is 1. The second-order valence-corrected chi connectivity index (χ2v) is 8.96. The molecule has 1 amide bonds. The minimum Gasteiger partial charge on any atom is -0.431 e. The molecule has 0 unspecified atom stereocenters. The molecule has 162 valence electrons. The van der Waals surface area contributed by atoms with E-state index in [-0.39, 0.29) is 11.6 Å². The van der Waals surface area contributed by atoms with Crippen LogP contribution in [0.1, 0.15) is 35.5 Å². The van der Waals surface area contributed by atoms with Gasteiger partial charge in [0.25, 0.3) is 5.91 Å². The van der Waals surface area contributed by atoms with Crippen LogP contribution in [0.4, 0.5) is 24.7 Å². The van der Waals surface area contributed by atoms with Gasteiger partial charge in [0.2, 0.25) is 11.7 Å². The number of carbonyl (C=O) groups is 1. The van der Waals surface area contributed by atoms with Crippen molar-refractivity contribution in [2.45, 2.75) is 35.4 Å². The van der Waals surface area contributed by atoms with Crippen LogP contribution >= 0.6 is 22.6 Å². The van der Waals surface area contributed by atoms with E-state index in [4.69, 9.17) is 4.42 Å². The molecule has 0 spiro atoms. The highest BCUT2D eigenvalue weighted by Gasteiger charge is 2.42. The Bertz CT molecular complexity index is 1050. The summed E-state index contributed by atoms with van der Waals surface area (Å²) in [5.41, 5.74) is -0.233. The Morgan fingerprint density at radius 3 is 2.52 bits per heavy atom. The van der Waals surface area contributed by atoms with Crippen LogP contribution in [-0.4, -0.2) is 25.8 Å². The third-order valence-electron chi connectivity index (χ3n) is 4.86. The SMILES string of the molecule is O=C(Nc1ccc(N[C@H]2CC[C@H](I)C2)nc1)c1nc(-c2ccccc2)oc1C(F)(F)F. The molecule has 1 fully saturated rings. The van der Waals surface area contributed by atoms with Crippen molar-refractivity contribution in [3.8, 4) is 11.5 Å². The number of alkyl halides is 4. The first-order valence-electron chi connectivity index (χ1n) is 9.61. The van der Waals surface area contributed by atoms with Crippen molar-refractivity contribution in [1.29, 1.82) is 0 Å². The topological polar surface area (TPSA) is 80.0 Å². The Morgan fingerprint density at radius 1 is 1.13 bits per heavy atom. The summed E-state index contributed by atoms with van der Waals surface area (Å²) < 4.78 is 45.8. The molecule has 0 radical (unpaired) electrons. The molecule has 2 heterocycles. The van der Waals surface area contributed by atoms with Crippen LogP contribution in [-0.2, 0) is 6.18 Å². The van der Waals surface area contributed by atoms with Gasteiger partial charge >= 0.3 is 6.18 Å². The molecule has 1 aliphatic carbocycles. The highest BCUT2D eigenvalue weighted by molar-refractivity contribution is 14.1. The lowest BCUT2D eigenvalue weighted by Gasteiger charge is -2.13. The average Bonchev–Trinajstić information content (AvgIpc) is 3.37. The summed E-state index contributed by atoms with van der Waals surface area (Å²) in [7, 11) is 0. The number of hydrogen-bond donors (Lipinski definition) is 2. The summed E-state index contributed by atoms with van der Waals surface area (Å²) in [6.45, 7) is 0. The summed E-state index contributed by atoms with van der Waals surface area (Å²) in [6, 6.07) is 11.7. The smallest absolute Gasteiger partial charge is 0.431 e. The lowest BCUT2D eigenvalue weighted by Crippen LogP contribution is -2.19. The number of halogens is 4. The maximum absolute atomic E-state index is 13.4. The zero-order chi connectivity index (χ0) is 22.0. The number of rotatable bonds is 5. The molecule has 1 saturated carbocycles. The van der Waals surface area contributed by atoms with Gasteiger partial charge < -0.3 is 15.1 Å². The maximum atomic E-state index is 13.4. The van der Waals surface area contributed by atoms with E-state index in [1.807, 2.05) is 0 Å². The molecule has 2 aromatic heterocycles. The Morgan fingerprint density at radius 2 is 1.90 bits per heavy atom. The van der Waals surface area contributed by atoms with Crippen molar-refractivity contribution in [2.75, 3.05) is 10.6 Å². The van der Waals surface area contributed by atoms with E-state index in [0.717, 1.165) is 19.3 Å². The van der Waals surface area contributed by atoms with E-state index < -0.39 is 23.5 Å². The van der Waals surface area contributed by atoms with Gasteiger partial charge in [-0.1, -0.05) is 40.8 Å². The molecular weight excluding hydrogens is 524 g/mol. The zero-order valence-corrected chi connectivity index (χ0v) is 18.3. The standard InChI is InChI=1S/C21H18F3IN4O2/c22-21(23,24)18-17(29-20(31-18)12-4-2-1-3-5-12)19(30)28-15-8-9-16(26-11-15)27-14-7-6-13(25)10-14/h1-5,8-9,11,13-14H,6-7,10H2,(H,26,27)(H,28,30)/t13-,14-/m0/s1. The number of amides is 1. The van der Waals surface area contributed by atoms with Crippen LogP contribution < -0.4 is 10.6 Å². The molecule has 6 nitrogen and oxygen atoms in total. The average molecular weight is 542 g/mol. The maximum Gasteiger partial charge on any atom is 0.452 e. The van der Waals surface area contributed by atoms with Gasteiger partial charge in [-0.3, -0.25) is 4.79 Å². The zero-order valence-electron chi connectivity index (χ0n) is 16.1. The lowest BCUT2D eigenvalue weighted by atomic mass is 10.2. The Hall–Kier alpha value is -2.63. The molecule has 2 atom stereocenters. The number of hydrogen-bond acceptors (Lipinski definition) is 5. The van der Waals surface area contributed by atoms with Gasteiger partial charge in [0.05, 0.1) is 11.9 Å². The quantitative estimate of drug-likeness (QED) is 0.316. The second-order valence-electron chi connectivity index (χ2n) is 7.20. The fourth-order valence-electron chi connectivity index (χ4n) is 3.38. The van der Waals surface area contributed by atoms with Crippen LogP contribution in [0.25, 0.3) is 11.5 Å². The molecule has 1 aromatic carbocycles. The van der Waals surface area contributed by atoms with Gasteiger partial charge in [-0.05, 0) is 43.5 Å². The molecule has 4 rings (SSSR count). The number of oxazole rings is 1. The first kappa shape index (κ1) is 21.6. The molecule has 3 aromatic rings. The molecule has 2 N–H and O–H groups in total. The lowest BCUT2D eigenvalue weighted by molar-refractivity contribution is -0.153. The number of benzene rings is 1. The van der Waals surface area contributed by atoms with E-state index in [0.29, 0.717) is 21.3 Å². The first-order valence-corrected chi connectivity index (χ1v) is 10.9. The third kappa shape index (κ3) is 5.17. The number of nitrogens with zero attached hydrogens (tertiary/aromatic N) is 2. The summed E-state index contributed by atoms with van der Waals surface area (Å²) >= 11 is 2.43. The highest BCUT2D eigenvalue weighted by atomic mass is 127. The minimum atomic E-state index is -4.86. The molecule has 0 bridgehead atoms. The summed E-state index contributed by atoms with van der Waals surface area (Å²) in [5.74, 6) is -2.09. The van der Waals surface area contributed by atoms with Crippen LogP contribution in [0.3, 0.4) is 0 Å². The van der Waals surface area contributed by atoms with Gasteiger partial charge in [0.15, 0.2) is 5.69 Å². The van der Waals surface area contributed by atoms with Gasteiger partial charge in [-0.25, -0.2) is 9.97 Å².